The van der Waals surface area contributed by atoms with Crippen molar-refractivity contribution in [3.05, 3.63) is 63.4 Å². The van der Waals surface area contributed by atoms with Crippen LogP contribution in [0.5, 0.6) is 0 Å². The third-order valence-electron chi connectivity index (χ3n) is 4.01. The number of hydrogen-bond acceptors (Lipinski definition) is 7. The van der Waals surface area contributed by atoms with Crippen LogP contribution in [0.3, 0.4) is 0 Å². The lowest BCUT2D eigenvalue weighted by atomic mass is 10.2. The first-order chi connectivity index (χ1) is 13.0. The number of aromatic nitrogens is 4. The van der Waals surface area contributed by atoms with Gasteiger partial charge in [-0.2, -0.15) is 0 Å². The summed E-state index contributed by atoms with van der Waals surface area (Å²) < 4.78 is 4.83. The van der Waals surface area contributed by atoms with Gasteiger partial charge in [0.05, 0.1) is 28.1 Å². The fourth-order valence-corrected chi connectivity index (χ4v) is 4.71. The summed E-state index contributed by atoms with van der Waals surface area (Å²) in [6.45, 7) is 4.04. The molecule has 0 aliphatic heterocycles. The lowest BCUT2D eigenvalue weighted by Gasteiger charge is -2.18. The molecule has 6 nitrogen and oxygen atoms in total. The molecule has 3 heterocycles. The smallest absolute Gasteiger partial charge is 0.274 e. The second kappa shape index (κ2) is 7.30. The van der Waals surface area contributed by atoms with Gasteiger partial charge in [0.15, 0.2) is 5.13 Å². The molecular weight excluding hydrogens is 402 g/mol. The minimum absolute atomic E-state index is 0.184. The zero-order chi connectivity index (χ0) is 19.0. The van der Waals surface area contributed by atoms with Crippen LogP contribution in [0.25, 0.3) is 10.2 Å². The van der Waals surface area contributed by atoms with E-state index in [-0.39, 0.29) is 5.91 Å². The molecular formula is C18H14ClN5OS2. The first-order valence-electron chi connectivity index (χ1n) is 8.10. The molecule has 0 fully saturated rings. The van der Waals surface area contributed by atoms with Gasteiger partial charge in [0.25, 0.3) is 5.91 Å². The van der Waals surface area contributed by atoms with Gasteiger partial charge in [0.1, 0.15) is 4.88 Å². The van der Waals surface area contributed by atoms with E-state index in [9.17, 15) is 4.79 Å². The molecule has 0 saturated heterocycles. The number of carbonyl (C=O) groups is 1. The molecule has 0 spiro atoms. The van der Waals surface area contributed by atoms with Gasteiger partial charge < -0.3 is 0 Å². The van der Waals surface area contributed by atoms with Crippen LogP contribution >= 0.6 is 34.5 Å². The first-order valence-corrected chi connectivity index (χ1v) is 10.1. The molecule has 4 aromatic rings. The minimum atomic E-state index is -0.184. The van der Waals surface area contributed by atoms with Crippen molar-refractivity contribution in [2.24, 2.45) is 0 Å². The number of hydrogen-bond donors (Lipinski definition) is 0. The molecule has 1 aromatic carbocycles. The maximum atomic E-state index is 13.2. The highest BCUT2D eigenvalue weighted by atomic mass is 35.5. The zero-order valence-corrected chi connectivity index (χ0v) is 16.9. The van der Waals surface area contributed by atoms with Gasteiger partial charge in [-0.3, -0.25) is 14.7 Å². The summed E-state index contributed by atoms with van der Waals surface area (Å²) in [5.74, 6) is -0.184. The van der Waals surface area contributed by atoms with E-state index in [4.69, 9.17) is 16.6 Å². The number of pyridine rings is 1. The quantitative estimate of drug-likeness (QED) is 0.484. The van der Waals surface area contributed by atoms with Gasteiger partial charge in [-0.1, -0.05) is 33.5 Å². The lowest BCUT2D eigenvalue weighted by molar-refractivity contribution is 0.0988. The number of halogens is 1. The van der Waals surface area contributed by atoms with Crippen molar-refractivity contribution in [2.75, 3.05) is 4.90 Å². The first kappa shape index (κ1) is 18.0. The number of nitrogens with zero attached hydrogens (tertiary/aromatic N) is 5. The molecule has 0 radical (unpaired) electrons. The number of benzene rings is 1. The molecule has 27 heavy (non-hydrogen) atoms. The largest absolute Gasteiger partial charge is 0.277 e. The minimum Gasteiger partial charge on any atom is -0.277 e. The van der Waals surface area contributed by atoms with Crippen molar-refractivity contribution in [3.8, 4) is 0 Å². The third kappa shape index (κ3) is 3.55. The van der Waals surface area contributed by atoms with Crippen molar-refractivity contribution in [1.29, 1.82) is 0 Å². The highest BCUT2D eigenvalue weighted by Crippen LogP contribution is 2.34. The van der Waals surface area contributed by atoms with E-state index in [0.29, 0.717) is 27.3 Å². The Morgan fingerprint density at radius 3 is 2.81 bits per heavy atom. The van der Waals surface area contributed by atoms with Gasteiger partial charge >= 0.3 is 0 Å². The maximum Gasteiger partial charge on any atom is 0.274 e. The normalized spacial score (nSPS) is 11.1. The molecule has 0 saturated carbocycles. The van der Waals surface area contributed by atoms with Crippen LogP contribution in [0.2, 0.25) is 5.02 Å². The van der Waals surface area contributed by atoms with Crippen molar-refractivity contribution in [1.82, 2.24) is 19.6 Å². The van der Waals surface area contributed by atoms with Gasteiger partial charge in [0.2, 0.25) is 0 Å². The molecule has 0 aliphatic rings. The molecule has 9 heteroatoms. The molecule has 0 aliphatic carbocycles. The molecule has 0 atom stereocenters. The number of anilines is 1. The fourth-order valence-electron chi connectivity index (χ4n) is 2.69. The van der Waals surface area contributed by atoms with Gasteiger partial charge in [-0.15, -0.1) is 5.10 Å². The highest BCUT2D eigenvalue weighted by molar-refractivity contribution is 7.22. The Hall–Kier alpha value is -2.42. The topological polar surface area (TPSA) is 71.9 Å². The average Bonchev–Trinajstić information content (AvgIpc) is 3.26. The molecule has 0 N–H and O–H groups in total. The number of aryl methyl sites for hydroxylation is 2. The highest BCUT2D eigenvalue weighted by Gasteiger charge is 2.26. The van der Waals surface area contributed by atoms with E-state index in [2.05, 4.69) is 14.6 Å². The Balaban J connectivity index is 1.81. The van der Waals surface area contributed by atoms with Crippen molar-refractivity contribution >= 4 is 55.7 Å². The Morgan fingerprint density at radius 1 is 1.26 bits per heavy atom. The summed E-state index contributed by atoms with van der Waals surface area (Å²) >= 11 is 8.70. The van der Waals surface area contributed by atoms with Crippen molar-refractivity contribution in [3.63, 3.8) is 0 Å². The van der Waals surface area contributed by atoms with Crippen LogP contribution in [-0.2, 0) is 6.54 Å². The van der Waals surface area contributed by atoms with E-state index in [1.54, 1.807) is 18.0 Å². The lowest BCUT2D eigenvalue weighted by Crippen LogP contribution is -2.30. The molecule has 1 amide bonds. The predicted molar refractivity (Wildman–Crippen MR) is 109 cm³/mol. The van der Waals surface area contributed by atoms with E-state index < -0.39 is 0 Å². The molecule has 0 unspecified atom stereocenters. The maximum absolute atomic E-state index is 13.2. The van der Waals surface area contributed by atoms with Crippen LogP contribution < -0.4 is 4.90 Å². The Kier molecular flexibility index (Phi) is 4.86. The summed E-state index contributed by atoms with van der Waals surface area (Å²) in [7, 11) is 0. The summed E-state index contributed by atoms with van der Waals surface area (Å²) in [6.07, 6.45) is 1.71. The Morgan fingerprint density at radius 2 is 2.11 bits per heavy atom. The summed E-state index contributed by atoms with van der Waals surface area (Å²) in [5, 5.41) is 5.21. The number of rotatable bonds is 4. The standard InChI is InChI=1S/C18H14ClN5OS2/c1-10-7-12(19)8-14-15(10)21-18(26-14)24(9-13-5-3-4-6-20-13)17(25)16-11(2)22-23-27-16/h3-8H,9H2,1-2H3. The van der Waals surface area contributed by atoms with E-state index in [1.165, 1.54) is 11.3 Å². The predicted octanol–water partition coefficient (Wildman–Crippen LogP) is 4.66. The van der Waals surface area contributed by atoms with Crippen LogP contribution in [0.15, 0.2) is 36.5 Å². The van der Waals surface area contributed by atoms with Crippen LogP contribution in [0.4, 0.5) is 5.13 Å². The monoisotopic (exact) mass is 415 g/mol. The average molecular weight is 416 g/mol. The van der Waals surface area contributed by atoms with E-state index >= 15 is 0 Å². The fraction of sp³-hybridized carbons (Fsp3) is 0.167. The summed E-state index contributed by atoms with van der Waals surface area (Å²) in [5.41, 5.74) is 3.20. The number of thiazole rings is 1. The van der Waals surface area contributed by atoms with Crippen molar-refractivity contribution < 1.29 is 4.79 Å². The molecule has 4 rings (SSSR count). The van der Waals surface area contributed by atoms with E-state index in [0.717, 1.165) is 33.0 Å². The molecule has 3 aromatic heterocycles. The summed E-state index contributed by atoms with van der Waals surface area (Å²) in [6, 6.07) is 9.36. The second-order valence-corrected chi connectivity index (χ2v) is 8.17. The van der Waals surface area contributed by atoms with Crippen LogP contribution in [0.1, 0.15) is 26.6 Å². The summed E-state index contributed by atoms with van der Waals surface area (Å²) in [4.78, 5) is 24.4. The number of carbonyl (C=O) groups excluding carboxylic acids is 1. The van der Waals surface area contributed by atoms with Gasteiger partial charge in [0, 0.05) is 11.2 Å². The Bertz CT molecular complexity index is 1130. The van der Waals surface area contributed by atoms with Crippen LogP contribution in [-0.4, -0.2) is 25.5 Å². The van der Waals surface area contributed by atoms with Crippen molar-refractivity contribution in [2.45, 2.75) is 20.4 Å². The number of amides is 1. The third-order valence-corrected chi connectivity index (χ3v) is 6.07. The van der Waals surface area contributed by atoms with E-state index in [1.807, 2.05) is 37.3 Å². The molecule has 0 bridgehead atoms. The van der Waals surface area contributed by atoms with Crippen LogP contribution in [0, 0.1) is 13.8 Å². The van der Waals surface area contributed by atoms with Gasteiger partial charge in [-0.05, 0) is 55.2 Å². The SMILES string of the molecule is Cc1nnsc1C(=O)N(Cc1ccccn1)c1nc2c(C)cc(Cl)cc2s1. The number of fused-ring (bicyclic) bond motifs is 1. The second-order valence-electron chi connectivity index (χ2n) is 5.97. The van der Waals surface area contributed by atoms with Gasteiger partial charge in [-0.25, -0.2) is 4.98 Å². The Labute approximate surface area is 168 Å². The zero-order valence-electron chi connectivity index (χ0n) is 14.5. The molecule has 136 valence electrons.